The molecule has 0 spiro atoms. The number of morpholine rings is 1. The summed E-state index contributed by atoms with van der Waals surface area (Å²) >= 11 is 0. The van der Waals surface area contributed by atoms with Crippen molar-refractivity contribution in [2.75, 3.05) is 31.6 Å². The van der Waals surface area contributed by atoms with Crippen LogP contribution in [0.15, 0.2) is 12.3 Å². The Morgan fingerprint density at radius 3 is 2.67 bits per heavy atom. The highest BCUT2D eigenvalue weighted by molar-refractivity contribution is 5.73. The lowest BCUT2D eigenvalue weighted by Gasteiger charge is -2.34. The van der Waals surface area contributed by atoms with Gasteiger partial charge in [0.15, 0.2) is 0 Å². The van der Waals surface area contributed by atoms with Crippen molar-refractivity contribution >= 4 is 11.8 Å². The van der Waals surface area contributed by atoms with Crippen LogP contribution in [0.1, 0.15) is 38.6 Å². The molecule has 27 heavy (non-hydrogen) atoms. The Morgan fingerprint density at radius 2 is 2.11 bits per heavy atom. The van der Waals surface area contributed by atoms with E-state index in [1.807, 2.05) is 12.3 Å². The first-order chi connectivity index (χ1) is 12.7. The van der Waals surface area contributed by atoms with Gasteiger partial charge in [0.05, 0.1) is 19.3 Å². The molecular formula is C17H25F3N4O3. The van der Waals surface area contributed by atoms with Crippen molar-refractivity contribution in [1.29, 1.82) is 0 Å². The molecule has 0 aromatic carbocycles. The number of aromatic nitrogens is 2. The van der Waals surface area contributed by atoms with Crippen LogP contribution in [-0.2, 0) is 9.53 Å². The molecule has 0 radical (unpaired) electrons. The maximum Gasteiger partial charge on any atom is 0.490 e. The molecule has 1 aromatic rings. The van der Waals surface area contributed by atoms with Crippen LogP contribution >= 0.6 is 0 Å². The van der Waals surface area contributed by atoms with E-state index in [1.165, 1.54) is 19.4 Å². The van der Waals surface area contributed by atoms with Crippen LogP contribution in [0, 0.1) is 5.92 Å². The minimum Gasteiger partial charge on any atom is -0.475 e. The Morgan fingerprint density at radius 1 is 1.44 bits per heavy atom. The molecule has 1 atom stereocenters. The lowest BCUT2D eigenvalue weighted by molar-refractivity contribution is -0.192. The monoisotopic (exact) mass is 390 g/mol. The fraction of sp³-hybridized carbons (Fsp3) is 0.706. The van der Waals surface area contributed by atoms with Gasteiger partial charge in [0.1, 0.15) is 11.6 Å². The van der Waals surface area contributed by atoms with E-state index in [2.05, 4.69) is 34.0 Å². The van der Waals surface area contributed by atoms with Crippen LogP contribution < -0.4 is 5.32 Å². The minimum absolute atomic E-state index is 0.207. The van der Waals surface area contributed by atoms with Crippen molar-refractivity contribution in [3.63, 3.8) is 0 Å². The van der Waals surface area contributed by atoms with Crippen molar-refractivity contribution in [2.24, 2.45) is 5.92 Å². The summed E-state index contributed by atoms with van der Waals surface area (Å²) in [6.45, 7) is 7.92. The number of halogens is 3. The molecule has 1 aliphatic carbocycles. The second kappa shape index (κ2) is 9.32. The molecule has 1 aromatic heterocycles. The predicted octanol–water partition coefficient (Wildman–Crippen LogP) is 2.71. The van der Waals surface area contributed by atoms with Crippen LogP contribution in [0.5, 0.6) is 0 Å². The molecule has 0 amide bonds. The molecule has 10 heteroatoms. The first kappa shape index (κ1) is 21.4. The molecule has 1 aliphatic heterocycles. The van der Waals surface area contributed by atoms with E-state index in [0.717, 1.165) is 30.7 Å². The number of anilines is 1. The standard InChI is InChI=1S/C15H24N4O.C2HF3O2/c1-11(2)17-14-5-6-16-15(18-14)13-10-20-8-7-19(13)9-12-3-4-12;3-2(4,5)1(6)7/h5-6,11-13H,3-4,7-10H2,1-2H3,(H,16,17,18);(H,6,7). The van der Waals surface area contributed by atoms with Gasteiger partial charge in [-0.05, 0) is 38.7 Å². The van der Waals surface area contributed by atoms with Gasteiger partial charge in [0.2, 0.25) is 0 Å². The molecule has 3 rings (SSSR count). The molecule has 2 fully saturated rings. The van der Waals surface area contributed by atoms with E-state index in [1.54, 1.807) is 0 Å². The van der Waals surface area contributed by atoms with Crippen molar-refractivity contribution < 1.29 is 27.8 Å². The average molecular weight is 390 g/mol. The zero-order chi connectivity index (χ0) is 20.0. The quantitative estimate of drug-likeness (QED) is 0.799. The number of carbonyl (C=O) groups is 1. The molecular weight excluding hydrogens is 365 g/mol. The fourth-order valence-electron chi connectivity index (χ4n) is 2.64. The summed E-state index contributed by atoms with van der Waals surface area (Å²) in [6, 6.07) is 2.51. The van der Waals surface area contributed by atoms with Gasteiger partial charge >= 0.3 is 12.1 Å². The zero-order valence-corrected chi connectivity index (χ0v) is 15.4. The maximum atomic E-state index is 10.6. The normalized spacial score (nSPS) is 20.7. The van der Waals surface area contributed by atoms with Crippen LogP contribution in [0.3, 0.4) is 0 Å². The van der Waals surface area contributed by atoms with E-state index in [-0.39, 0.29) is 6.04 Å². The van der Waals surface area contributed by atoms with Crippen molar-refractivity contribution in [3.05, 3.63) is 18.1 Å². The summed E-state index contributed by atoms with van der Waals surface area (Å²) in [5, 5.41) is 10.5. The second-order valence-corrected chi connectivity index (χ2v) is 6.93. The van der Waals surface area contributed by atoms with E-state index >= 15 is 0 Å². The summed E-state index contributed by atoms with van der Waals surface area (Å²) in [5.41, 5.74) is 0. The first-order valence-corrected chi connectivity index (χ1v) is 8.88. The smallest absolute Gasteiger partial charge is 0.475 e. The van der Waals surface area contributed by atoms with Gasteiger partial charge in [-0.3, -0.25) is 4.90 Å². The number of hydrogen-bond donors (Lipinski definition) is 2. The van der Waals surface area contributed by atoms with Crippen molar-refractivity contribution in [2.45, 2.75) is 44.9 Å². The number of rotatable bonds is 5. The Bertz CT molecular complexity index is 624. The molecule has 2 heterocycles. The summed E-state index contributed by atoms with van der Waals surface area (Å²) in [7, 11) is 0. The SMILES string of the molecule is CC(C)Nc1ccnc(C2COCCN2CC2CC2)n1.O=C(O)C(F)(F)F. The molecule has 0 bridgehead atoms. The van der Waals surface area contributed by atoms with Gasteiger partial charge in [0.25, 0.3) is 0 Å². The number of hydrogen-bond acceptors (Lipinski definition) is 6. The average Bonchev–Trinajstić information content (AvgIpc) is 3.39. The Kier molecular flexibility index (Phi) is 7.37. The Labute approximate surface area is 155 Å². The van der Waals surface area contributed by atoms with Crippen LogP contribution in [0.4, 0.5) is 19.0 Å². The molecule has 1 unspecified atom stereocenters. The highest BCUT2D eigenvalue weighted by atomic mass is 19.4. The number of aliphatic carboxylic acids is 1. The molecule has 152 valence electrons. The second-order valence-electron chi connectivity index (χ2n) is 6.93. The van der Waals surface area contributed by atoms with E-state index in [9.17, 15) is 13.2 Å². The van der Waals surface area contributed by atoms with E-state index in [4.69, 9.17) is 14.6 Å². The van der Waals surface area contributed by atoms with Crippen LogP contribution in [0.25, 0.3) is 0 Å². The van der Waals surface area contributed by atoms with E-state index < -0.39 is 12.1 Å². The lowest BCUT2D eigenvalue weighted by Crippen LogP contribution is -2.41. The summed E-state index contributed by atoms with van der Waals surface area (Å²) in [4.78, 5) is 20.5. The van der Waals surface area contributed by atoms with Crippen LogP contribution in [-0.4, -0.2) is 64.5 Å². The molecule has 7 nitrogen and oxygen atoms in total. The predicted molar refractivity (Wildman–Crippen MR) is 92.3 cm³/mol. The third-order valence-corrected chi connectivity index (χ3v) is 4.08. The Balaban J connectivity index is 0.000000321. The highest BCUT2D eigenvalue weighted by Gasteiger charge is 2.38. The van der Waals surface area contributed by atoms with Gasteiger partial charge in [-0.15, -0.1) is 0 Å². The highest BCUT2D eigenvalue weighted by Crippen LogP contribution is 2.33. The van der Waals surface area contributed by atoms with Crippen molar-refractivity contribution in [1.82, 2.24) is 14.9 Å². The third kappa shape index (κ3) is 7.30. The molecule has 2 aliphatic rings. The topological polar surface area (TPSA) is 87.6 Å². The van der Waals surface area contributed by atoms with Gasteiger partial charge in [0, 0.05) is 25.3 Å². The zero-order valence-electron chi connectivity index (χ0n) is 15.4. The largest absolute Gasteiger partial charge is 0.490 e. The maximum absolute atomic E-state index is 10.6. The fourth-order valence-corrected chi connectivity index (χ4v) is 2.64. The number of nitrogens with one attached hydrogen (secondary N) is 1. The third-order valence-electron chi connectivity index (χ3n) is 4.08. The van der Waals surface area contributed by atoms with Crippen LogP contribution in [0.2, 0.25) is 0 Å². The van der Waals surface area contributed by atoms with Gasteiger partial charge in [-0.25, -0.2) is 14.8 Å². The summed E-state index contributed by atoms with van der Waals surface area (Å²) < 4.78 is 37.4. The van der Waals surface area contributed by atoms with Gasteiger partial charge in [-0.1, -0.05) is 0 Å². The minimum atomic E-state index is -5.08. The molecule has 1 saturated carbocycles. The number of ether oxygens (including phenoxy) is 1. The van der Waals surface area contributed by atoms with Gasteiger partial charge in [-0.2, -0.15) is 13.2 Å². The Hall–Kier alpha value is -1.94. The van der Waals surface area contributed by atoms with Gasteiger partial charge < -0.3 is 15.2 Å². The molecule has 1 saturated heterocycles. The summed E-state index contributed by atoms with van der Waals surface area (Å²) in [6.07, 6.45) is -0.489. The molecule has 2 N–H and O–H groups in total. The summed E-state index contributed by atoms with van der Waals surface area (Å²) in [5.74, 6) is -0.0852. The van der Waals surface area contributed by atoms with Crippen molar-refractivity contribution in [3.8, 4) is 0 Å². The lowest BCUT2D eigenvalue weighted by atomic mass is 10.2. The number of carboxylic acids is 1. The number of nitrogens with zero attached hydrogens (tertiary/aromatic N) is 3. The first-order valence-electron chi connectivity index (χ1n) is 8.88. The van der Waals surface area contributed by atoms with E-state index in [0.29, 0.717) is 12.6 Å². The number of alkyl halides is 3. The number of carboxylic acid groups (broad SMARTS) is 1.